The number of amides is 2. The summed E-state index contributed by atoms with van der Waals surface area (Å²) < 4.78 is 7.72. The van der Waals surface area contributed by atoms with Crippen molar-refractivity contribution in [2.75, 3.05) is 11.9 Å². The maximum atomic E-state index is 13.3. The topological polar surface area (TPSA) is 134 Å². The molecule has 0 atom stereocenters. The Morgan fingerprint density at radius 2 is 1.81 bits per heavy atom. The third kappa shape index (κ3) is 4.77. The Morgan fingerprint density at radius 1 is 1.07 bits per heavy atom. The number of rotatable bonds is 5. The lowest BCUT2D eigenvalue weighted by Gasteiger charge is -2.23. The van der Waals surface area contributed by atoms with Gasteiger partial charge in [0, 0.05) is 36.8 Å². The molecule has 0 radical (unpaired) electrons. The van der Waals surface area contributed by atoms with Gasteiger partial charge in [0.05, 0.1) is 34.6 Å². The molecule has 2 amide bonds. The number of carbonyl (C=O) groups excluding carboxylic acids is 1. The van der Waals surface area contributed by atoms with E-state index in [1.807, 2.05) is 31.2 Å². The summed E-state index contributed by atoms with van der Waals surface area (Å²) >= 11 is 13.2. The van der Waals surface area contributed by atoms with E-state index in [0.717, 1.165) is 22.4 Å². The Labute approximate surface area is 250 Å². The van der Waals surface area contributed by atoms with Crippen molar-refractivity contribution in [3.8, 4) is 22.6 Å². The highest BCUT2D eigenvalue weighted by atomic mass is 35.5. The second-order valence-corrected chi connectivity index (χ2v) is 10.8. The van der Waals surface area contributed by atoms with Gasteiger partial charge >= 0.3 is 6.09 Å². The van der Waals surface area contributed by atoms with E-state index in [-0.39, 0.29) is 19.0 Å². The Kier molecular flexibility index (Phi) is 7.14. The van der Waals surface area contributed by atoms with Crippen molar-refractivity contribution in [2.24, 2.45) is 7.05 Å². The first-order valence-electron chi connectivity index (χ1n) is 13.1. The highest BCUT2D eigenvalue weighted by Gasteiger charge is 2.28. The average Bonchev–Trinajstić information content (AvgIpc) is 3.55. The molecule has 10 nitrogen and oxygen atoms in total. The number of aliphatic hydroxyl groups is 1. The van der Waals surface area contributed by atoms with Crippen LogP contribution in [0.5, 0.6) is 0 Å². The minimum Gasteiger partial charge on any atom is -0.465 e. The van der Waals surface area contributed by atoms with E-state index < -0.39 is 12.0 Å². The van der Waals surface area contributed by atoms with Crippen LogP contribution in [0.3, 0.4) is 0 Å². The van der Waals surface area contributed by atoms with Crippen LogP contribution < -0.4 is 5.32 Å². The molecular weight excluding hydrogens is 581 g/mol. The van der Waals surface area contributed by atoms with Crippen molar-refractivity contribution < 1.29 is 24.2 Å². The van der Waals surface area contributed by atoms with Crippen LogP contribution in [0, 0.1) is 6.92 Å². The minimum atomic E-state index is -1.02. The number of imidazole rings is 1. The lowest BCUT2D eigenvalue weighted by atomic mass is 9.96. The third-order valence-corrected chi connectivity index (χ3v) is 8.21. The maximum absolute atomic E-state index is 13.3. The van der Waals surface area contributed by atoms with E-state index in [2.05, 4.69) is 15.3 Å². The number of oxazole rings is 1. The quantitative estimate of drug-likeness (QED) is 0.214. The molecule has 0 unspecified atom stereocenters. The number of carboxylic acid groups (broad SMARTS) is 1. The average molecular weight is 606 g/mol. The Balaban J connectivity index is 1.32. The first kappa shape index (κ1) is 27.8. The third-order valence-electron chi connectivity index (χ3n) is 7.52. The number of nitrogens with zero attached hydrogens (tertiary/aromatic N) is 4. The molecule has 0 saturated carbocycles. The van der Waals surface area contributed by atoms with Crippen molar-refractivity contribution >= 4 is 52.0 Å². The SMILES string of the molecule is Cc1c(-c2nc3cc(CO)cc(Cl)c3o2)cccc1-c1cccc(NC(=O)c2nc3c(n2C)CCN(C(=O)O)C3)c1Cl. The molecule has 42 heavy (non-hydrogen) atoms. The molecule has 0 aliphatic carbocycles. The van der Waals surface area contributed by atoms with Gasteiger partial charge in [0.25, 0.3) is 5.91 Å². The number of nitrogens with one attached hydrogen (secondary N) is 1. The summed E-state index contributed by atoms with van der Waals surface area (Å²) in [5.74, 6) is 0.0943. The fourth-order valence-corrected chi connectivity index (χ4v) is 5.87. The maximum Gasteiger partial charge on any atom is 0.407 e. The van der Waals surface area contributed by atoms with Crippen LogP contribution in [0.4, 0.5) is 10.5 Å². The van der Waals surface area contributed by atoms with Crippen LogP contribution in [-0.4, -0.2) is 48.2 Å². The number of carbonyl (C=O) groups is 2. The van der Waals surface area contributed by atoms with E-state index in [4.69, 9.17) is 27.6 Å². The lowest BCUT2D eigenvalue weighted by Crippen LogP contribution is -2.35. The van der Waals surface area contributed by atoms with Gasteiger partial charge in [-0.3, -0.25) is 4.79 Å². The number of hydrogen-bond acceptors (Lipinski definition) is 6. The summed E-state index contributed by atoms with van der Waals surface area (Å²) in [6, 6.07) is 14.4. The van der Waals surface area contributed by atoms with Gasteiger partial charge in [0.2, 0.25) is 5.89 Å². The monoisotopic (exact) mass is 605 g/mol. The number of halogens is 2. The van der Waals surface area contributed by atoms with E-state index in [0.29, 0.717) is 62.5 Å². The van der Waals surface area contributed by atoms with Crippen molar-refractivity contribution in [1.29, 1.82) is 0 Å². The van der Waals surface area contributed by atoms with Crippen LogP contribution in [0.2, 0.25) is 10.0 Å². The smallest absolute Gasteiger partial charge is 0.407 e. The predicted molar refractivity (Wildman–Crippen MR) is 159 cm³/mol. The van der Waals surface area contributed by atoms with Crippen LogP contribution in [-0.2, 0) is 26.6 Å². The number of fused-ring (bicyclic) bond motifs is 2. The number of anilines is 1. The van der Waals surface area contributed by atoms with E-state index in [1.54, 1.807) is 35.9 Å². The van der Waals surface area contributed by atoms with Crippen LogP contribution in [0.25, 0.3) is 33.7 Å². The molecule has 2 aromatic heterocycles. The van der Waals surface area contributed by atoms with E-state index in [1.165, 1.54) is 4.90 Å². The van der Waals surface area contributed by atoms with Gasteiger partial charge in [-0.05, 0) is 47.9 Å². The van der Waals surface area contributed by atoms with Gasteiger partial charge in [-0.25, -0.2) is 14.8 Å². The fourth-order valence-electron chi connectivity index (χ4n) is 5.32. The molecule has 3 N–H and O–H groups in total. The van der Waals surface area contributed by atoms with Crippen LogP contribution in [0.1, 0.15) is 33.1 Å². The van der Waals surface area contributed by atoms with Gasteiger partial charge in [-0.1, -0.05) is 47.5 Å². The molecule has 0 saturated heterocycles. The second kappa shape index (κ2) is 10.8. The summed E-state index contributed by atoms with van der Waals surface area (Å²) in [7, 11) is 1.74. The number of benzene rings is 3. The van der Waals surface area contributed by atoms with Gasteiger partial charge < -0.3 is 29.4 Å². The van der Waals surface area contributed by atoms with Crippen molar-refractivity contribution in [3.05, 3.63) is 86.9 Å². The minimum absolute atomic E-state index is 0.131. The molecular formula is C30H25Cl2N5O5. The van der Waals surface area contributed by atoms with Crippen molar-refractivity contribution in [1.82, 2.24) is 19.4 Å². The molecule has 1 aliphatic rings. The van der Waals surface area contributed by atoms with Gasteiger partial charge in [0.15, 0.2) is 11.4 Å². The summed E-state index contributed by atoms with van der Waals surface area (Å²) in [4.78, 5) is 35.0. The highest BCUT2D eigenvalue weighted by molar-refractivity contribution is 6.36. The molecule has 6 rings (SSSR count). The number of hydrogen-bond donors (Lipinski definition) is 3. The normalized spacial score (nSPS) is 12.9. The zero-order valence-corrected chi connectivity index (χ0v) is 24.1. The van der Waals surface area contributed by atoms with E-state index in [9.17, 15) is 19.8 Å². The first-order valence-corrected chi connectivity index (χ1v) is 13.8. The van der Waals surface area contributed by atoms with Crippen LogP contribution in [0.15, 0.2) is 52.9 Å². The second-order valence-electron chi connectivity index (χ2n) is 10.0. The van der Waals surface area contributed by atoms with Crippen molar-refractivity contribution in [2.45, 2.75) is 26.5 Å². The Morgan fingerprint density at radius 3 is 2.57 bits per heavy atom. The molecule has 12 heteroatoms. The fraction of sp³-hybridized carbons (Fsp3) is 0.200. The lowest BCUT2D eigenvalue weighted by molar-refractivity contribution is 0.101. The Bertz CT molecular complexity index is 1900. The highest BCUT2D eigenvalue weighted by Crippen LogP contribution is 2.39. The molecule has 3 heterocycles. The largest absolute Gasteiger partial charge is 0.465 e. The standard InChI is InChI=1S/C30H25Cl2N5O5/c1-15-17(5-3-6-18(15)29-35-22-12-16(14-38)11-20(31)26(22)42-29)19-7-4-8-21(25(19)32)34-28(39)27-33-23-13-37(30(40)41)10-9-24(23)36(27)2/h3-8,11-12,38H,9-10,13-14H2,1-2H3,(H,34,39)(H,40,41). The van der Waals surface area contributed by atoms with Gasteiger partial charge in [0.1, 0.15) is 5.52 Å². The predicted octanol–water partition coefficient (Wildman–Crippen LogP) is 6.29. The summed E-state index contributed by atoms with van der Waals surface area (Å²) in [5.41, 5.74) is 6.52. The van der Waals surface area contributed by atoms with Gasteiger partial charge in [-0.15, -0.1) is 0 Å². The summed E-state index contributed by atoms with van der Waals surface area (Å²) in [6.07, 6.45) is -0.546. The zero-order chi connectivity index (χ0) is 29.7. The zero-order valence-electron chi connectivity index (χ0n) is 22.6. The first-order chi connectivity index (χ1) is 20.2. The van der Waals surface area contributed by atoms with E-state index >= 15 is 0 Å². The molecule has 0 bridgehead atoms. The summed E-state index contributed by atoms with van der Waals surface area (Å²) in [5, 5.41) is 22.4. The molecule has 3 aromatic carbocycles. The van der Waals surface area contributed by atoms with Crippen LogP contribution >= 0.6 is 23.2 Å². The molecule has 0 spiro atoms. The molecule has 0 fully saturated rings. The molecule has 1 aliphatic heterocycles. The number of aromatic nitrogens is 3. The Hall–Kier alpha value is -4.38. The van der Waals surface area contributed by atoms with Gasteiger partial charge in [-0.2, -0.15) is 0 Å². The molecule has 214 valence electrons. The number of aliphatic hydroxyl groups excluding tert-OH is 1. The van der Waals surface area contributed by atoms with Crippen molar-refractivity contribution in [3.63, 3.8) is 0 Å². The summed E-state index contributed by atoms with van der Waals surface area (Å²) in [6.45, 7) is 2.24. The molecule has 5 aromatic rings.